The van der Waals surface area contributed by atoms with Gasteiger partial charge in [0.15, 0.2) is 17.9 Å². The Bertz CT molecular complexity index is 490. The highest BCUT2D eigenvalue weighted by atomic mass is 19.1. The van der Waals surface area contributed by atoms with E-state index in [0.717, 1.165) is 0 Å². The maximum Gasteiger partial charge on any atom is 0.189 e. The fourth-order valence-corrected chi connectivity index (χ4v) is 1.42. The third-order valence-electron chi connectivity index (χ3n) is 2.14. The van der Waals surface area contributed by atoms with E-state index in [4.69, 9.17) is 4.74 Å². The van der Waals surface area contributed by atoms with E-state index < -0.39 is 5.82 Å². The monoisotopic (exact) mass is 193 g/mol. The zero-order valence-electron chi connectivity index (χ0n) is 7.50. The molecule has 4 heteroatoms. The van der Waals surface area contributed by atoms with Crippen LogP contribution in [0.4, 0.5) is 4.39 Å². The van der Waals surface area contributed by atoms with Crippen molar-refractivity contribution in [1.29, 1.82) is 0 Å². The Morgan fingerprint density at radius 1 is 1.50 bits per heavy atom. The second kappa shape index (κ2) is 3.14. The van der Waals surface area contributed by atoms with Crippen molar-refractivity contribution in [3.05, 3.63) is 29.7 Å². The molecule has 1 heterocycles. The van der Waals surface area contributed by atoms with Crippen molar-refractivity contribution >= 4 is 17.2 Å². The number of fused-ring (bicyclic) bond motifs is 1. The van der Waals surface area contributed by atoms with Gasteiger partial charge in [0.1, 0.15) is 0 Å². The number of methoxy groups -OCH3 is 1. The third-order valence-corrected chi connectivity index (χ3v) is 2.14. The molecular formula is C10H8FNO2. The van der Waals surface area contributed by atoms with Crippen LogP contribution in [0.1, 0.15) is 10.4 Å². The minimum atomic E-state index is -0.474. The van der Waals surface area contributed by atoms with E-state index in [1.807, 2.05) is 0 Å². The highest BCUT2D eigenvalue weighted by Crippen LogP contribution is 2.26. The van der Waals surface area contributed by atoms with Gasteiger partial charge in [0.2, 0.25) is 0 Å². The van der Waals surface area contributed by atoms with E-state index in [1.165, 1.54) is 19.4 Å². The zero-order valence-corrected chi connectivity index (χ0v) is 7.50. The Labute approximate surface area is 79.5 Å². The molecule has 0 amide bonds. The molecule has 0 fully saturated rings. The summed E-state index contributed by atoms with van der Waals surface area (Å²) in [4.78, 5) is 13.3. The molecule has 0 aliphatic heterocycles. The number of halogens is 1. The van der Waals surface area contributed by atoms with Crippen LogP contribution in [0.3, 0.4) is 0 Å². The van der Waals surface area contributed by atoms with Crippen molar-refractivity contribution < 1.29 is 13.9 Å². The summed E-state index contributed by atoms with van der Waals surface area (Å²) < 4.78 is 18.4. The van der Waals surface area contributed by atoms with Crippen LogP contribution in [-0.4, -0.2) is 18.4 Å². The minimum absolute atomic E-state index is 0.164. The Kier molecular flexibility index (Phi) is 1.96. The average Bonchev–Trinajstić information content (AvgIpc) is 2.62. The Hall–Kier alpha value is -1.84. The number of hydrogen-bond acceptors (Lipinski definition) is 2. The predicted octanol–water partition coefficient (Wildman–Crippen LogP) is 2.13. The summed E-state index contributed by atoms with van der Waals surface area (Å²) in [5.41, 5.74) is 0.744. The van der Waals surface area contributed by atoms with E-state index in [-0.39, 0.29) is 5.75 Å². The largest absolute Gasteiger partial charge is 0.494 e. The first kappa shape index (κ1) is 8.74. The van der Waals surface area contributed by atoms with Crippen molar-refractivity contribution in [1.82, 2.24) is 4.98 Å². The molecule has 0 atom stereocenters. The maximum atomic E-state index is 13.5. The van der Waals surface area contributed by atoms with Crippen LogP contribution in [0.2, 0.25) is 0 Å². The fraction of sp³-hybridized carbons (Fsp3) is 0.100. The summed E-state index contributed by atoms with van der Waals surface area (Å²) in [6.45, 7) is 0. The molecule has 14 heavy (non-hydrogen) atoms. The Balaban J connectivity index is 2.78. The predicted molar refractivity (Wildman–Crippen MR) is 50.2 cm³/mol. The van der Waals surface area contributed by atoms with Crippen molar-refractivity contribution in [2.24, 2.45) is 0 Å². The molecular weight excluding hydrogens is 185 g/mol. The lowest BCUT2D eigenvalue weighted by molar-refractivity contribution is 0.112. The quantitative estimate of drug-likeness (QED) is 0.742. The molecule has 1 aromatic carbocycles. The van der Waals surface area contributed by atoms with Crippen molar-refractivity contribution in [2.75, 3.05) is 7.11 Å². The van der Waals surface area contributed by atoms with Crippen LogP contribution >= 0.6 is 0 Å². The summed E-state index contributed by atoms with van der Waals surface area (Å²) in [6, 6.07) is 3.15. The lowest BCUT2D eigenvalue weighted by Crippen LogP contribution is -1.88. The number of benzene rings is 1. The molecule has 0 radical (unpaired) electrons. The summed E-state index contributed by atoms with van der Waals surface area (Å²) in [5.74, 6) is -0.310. The SMILES string of the molecule is COc1ccc2c(C=O)c[nH]c2c1F. The molecule has 1 N–H and O–H groups in total. The molecule has 0 saturated carbocycles. The van der Waals surface area contributed by atoms with Crippen LogP contribution < -0.4 is 4.74 Å². The van der Waals surface area contributed by atoms with E-state index in [1.54, 1.807) is 6.07 Å². The molecule has 0 saturated heterocycles. The fourth-order valence-electron chi connectivity index (χ4n) is 1.42. The molecule has 2 aromatic rings. The molecule has 3 nitrogen and oxygen atoms in total. The number of H-pyrrole nitrogens is 1. The standard InChI is InChI=1S/C10H8FNO2/c1-14-8-3-2-7-6(5-13)4-12-10(7)9(8)11/h2-5,12H,1H3. The zero-order chi connectivity index (χ0) is 10.1. The van der Waals surface area contributed by atoms with Gasteiger partial charge in [-0.2, -0.15) is 0 Å². The van der Waals surface area contributed by atoms with Crippen LogP contribution in [0.15, 0.2) is 18.3 Å². The number of rotatable bonds is 2. The van der Waals surface area contributed by atoms with Gasteiger partial charge in [0, 0.05) is 17.1 Å². The van der Waals surface area contributed by atoms with Gasteiger partial charge in [-0.1, -0.05) is 0 Å². The van der Waals surface area contributed by atoms with Gasteiger partial charge in [-0.05, 0) is 12.1 Å². The van der Waals surface area contributed by atoms with Crippen molar-refractivity contribution in [2.45, 2.75) is 0 Å². The van der Waals surface area contributed by atoms with Gasteiger partial charge in [0.05, 0.1) is 12.6 Å². The number of nitrogens with one attached hydrogen (secondary N) is 1. The molecule has 2 rings (SSSR count). The molecule has 1 aromatic heterocycles. The molecule has 0 unspecified atom stereocenters. The smallest absolute Gasteiger partial charge is 0.189 e. The first-order valence-electron chi connectivity index (χ1n) is 4.06. The van der Waals surface area contributed by atoms with Gasteiger partial charge in [-0.15, -0.1) is 0 Å². The molecule has 72 valence electrons. The van der Waals surface area contributed by atoms with Gasteiger partial charge in [-0.3, -0.25) is 4.79 Å². The van der Waals surface area contributed by atoms with Crippen LogP contribution in [0.5, 0.6) is 5.75 Å². The van der Waals surface area contributed by atoms with Crippen LogP contribution in [0.25, 0.3) is 10.9 Å². The highest BCUT2D eigenvalue weighted by Gasteiger charge is 2.11. The number of hydrogen-bond donors (Lipinski definition) is 1. The van der Waals surface area contributed by atoms with E-state index >= 15 is 0 Å². The second-order valence-electron chi connectivity index (χ2n) is 2.87. The number of carbonyl (C=O) groups is 1. The lowest BCUT2D eigenvalue weighted by Gasteiger charge is -2.01. The van der Waals surface area contributed by atoms with Gasteiger partial charge >= 0.3 is 0 Å². The normalized spacial score (nSPS) is 10.4. The molecule has 0 aliphatic rings. The van der Waals surface area contributed by atoms with E-state index in [0.29, 0.717) is 22.8 Å². The second-order valence-corrected chi connectivity index (χ2v) is 2.87. The van der Waals surface area contributed by atoms with Crippen LogP contribution in [0, 0.1) is 5.82 Å². The average molecular weight is 193 g/mol. The first-order valence-corrected chi connectivity index (χ1v) is 4.06. The van der Waals surface area contributed by atoms with Crippen molar-refractivity contribution in [3.8, 4) is 5.75 Å². The number of aldehydes is 1. The topological polar surface area (TPSA) is 42.1 Å². The lowest BCUT2D eigenvalue weighted by atomic mass is 10.2. The van der Waals surface area contributed by atoms with E-state index in [2.05, 4.69) is 4.98 Å². The van der Waals surface area contributed by atoms with E-state index in [9.17, 15) is 9.18 Å². The summed E-state index contributed by atoms with van der Waals surface area (Å²) >= 11 is 0. The minimum Gasteiger partial charge on any atom is -0.494 e. The van der Waals surface area contributed by atoms with Gasteiger partial charge in [0.25, 0.3) is 0 Å². The number of carbonyl (C=O) groups excluding carboxylic acids is 1. The van der Waals surface area contributed by atoms with Crippen LogP contribution in [-0.2, 0) is 0 Å². The Morgan fingerprint density at radius 2 is 2.29 bits per heavy atom. The summed E-state index contributed by atoms with van der Waals surface area (Å²) in [7, 11) is 1.40. The maximum absolute atomic E-state index is 13.5. The van der Waals surface area contributed by atoms with Gasteiger partial charge in [-0.25, -0.2) is 4.39 Å². The summed E-state index contributed by atoms with van der Waals surface area (Å²) in [6.07, 6.45) is 2.16. The summed E-state index contributed by atoms with van der Waals surface area (Å²) in [5, 5.41) is 0.568. The van der Waals surface area contributed by atoms with Gasteiger partial charge < -0.3 is 9.72 Å². The number of aromatic amines is 1. The highest BCUT2D eigenvalue weighted by molar-refractivity contribution is 5.97. The number of ether oxygens (including phenoxy) is 1. The molecule has 0 aliphatic carbocycles. The first-order chi connectivity index (χ1) is 6.77. The Morgan fingerprint density at radius 3 is 2.93 bits per heavy atom. The molecule has 0 bridgehead atoms. The molecule has 0 spiro atoms. The number of aromatic nitrogens is 1. The third kappa shape index (κ3) is 1.08. The van der Waals surface area contributed by atoms with Crippen molar-refractivity contribution in [3.63, 3.8) is 0 Å².